The van der Waals surface area contributed by atoms with Gasteiger partial charge >= 0.3 is 0 Å². The summed E-state index contributed by atoms with van der Waals surface area (Å²) >= 11 is 5.98. The fourth-order valence-corrected chi connectivity index (χ4v) is 4.28. The first-order valence-corrected chi connectivity index (χ1v) is 11.6. The van der Waals surface area contributed by atoms with E-state index in [4.69, 9.17) is 21.1 Å². The molecule has 0 saturated carbocycles. The predicted molar refractivity (Wildman–Crippen MR) is 119 cm³/mol. The molecule has 0 fully saturated rings. The number of carbonyl (C=O) groups is 1. The maximum atomic E-state index is 12.8. The number of nitrogens with zero attached hydrogens (tertiary/aromatic N) is 1. The molecule has 0 aliphatic heterocycles. The number of amides is 1. The third kappa shape index (κ3) is 5.79. The molecule has 9 heteroatoms. The van der Waals surface area contributed by atoms with Crippen LogP contribution in [0.4, 0.5) is 5.69 Å². The minimum absolute atomic E-state index is 0.315. The van der Waals surface area contributed by atoms with Crippen LogP contribution in [0, 0.1) is 6.92 Å². The van der Waals surface area contributed by atoms with E-state index in [0.29, 0.717) is 34.2 Å². The third-order valence-electron chi connectivity index (χ3n) is 4.67. The van der Waals surface area contributed by atoms with Crippen LogP contribution in [0.1, 0.15) is 30.5 Å². The molecule has 7 nitrogen and oxygen atoms in total. The monoisotopic (exact) mass is 454 g/mol. The van der Waals surface area contributed by atoms with Crippen LogP contribution in [0.15, 0.2) is 36.4 Å². The van der Waals surface area contributed by atoms with E-state index in [-0.39, 0.29) is 12.6 Å². The van der Waals surface area contributed by atoms with Crippen molar-refractivity contribution >= 4 is 33.2 Å². The van der Waals surface area contributed by atoms with E-state index in [1.165, 1.54) is 0 Å². The van der Waals surface area contributed by atoms with Crippen LogP contribution < -0.4 is 19.1 Å². The Morgan fingerprint density at radius 2 is 1.80 bits per heavy atom. The van der Waals surface area contributed by atoms with E-state index < -0.39 is 15.9 Å². The van der Waals surface area contributed by atoms with Gasteiger partial charge in [0.05, 0.1) is 32.2 Å². The first-order valence-electron chi connectivity index (χ1n) is 9.35. The van der Waals surface area contributed by atoms with Crippen molar-refractivity contribution in [3.8, 4) is 11.5 Å². The minimum atomic E-state index is -3.68. The summed E-state index contributed by atoms with van der Waals surface area (Å²) < 4.78 is 36.4. The Morgan fingerprint density at radius 1 is 1.13 bits per heavy atom. The van der Waals surface area contributed by atoms with Gasteiger partial charge in [-0.15, -0.1) is 0 Å². The lowest BCUT2D eigenvalue weighted by Gasteiger charge is -2.25. The van der Waals surface area contributed by atoms with E-state index in [1.807, 2.05) is 13.0 Å². The van der Waals surface area contributed by atoms with Crippen LogP contribution in [0.3, 0.4) is 0 Å². The predicted octanol–water partition coefficient (Wildman–Crippen LogP) is 3.70. The molecular formula is C21H27ClN2O5S. The molecule has 1 atom stereocenters. The van der Waals surface area contributed by atoms with Gasteiger partial charge in [0.2, 0.25) is 15.9 Å². The van der Waals surface area contributed by atoms with E-state index in [1.54, 1.807) is 51.5 Å². The molecule has 0 bridgehead atoms. The van der Waals surface area contributed by atoms with Crippen LogP contribution in [0.5, 0.6) is 11.5 Å². The number of sulfonamides is 1. The summed E-state index contributed by atoms with van der Waals surface area (Å²) in [6, 6.07) is 9.94. The summed E-state index contributed by atoms with van der Waals surface area (Å²) in [5.74, 6) is 0.720. The van der Waals surface area contributed by atoms with Gasteiger partial charge < -0.3 is 14.8 Å². The Kier molecular flexibility index (Phi) is 7.97. The smallest absolute Gasteiger partial charge is 0.241 e. The van der Waals surface area contributed by atoms with Crippen LogP contribution in [0.2, 0.25) is 5.02 Å². The topological polar surface area (TPSA) is 84.9 Å². The lowest BCUT2D eigenvalue weighted by atomic mass is 10.0. The molecule has 2 aromatic rings. The number of hydrogen-bond acceptors (Lipinski definition) is 5. The van der Waals surface area contributed by atoms with E-state index >= 15 is 0 Å². The van der Waals surface area contributed by atoms with Crippen molar-refractivity contribution in [2.45, 2.75) is 26.3 Å². The number of methoxy groups -OCH3 is 2. The van der Waals surface area contributed by atoms with Crippen LogP contribution in [-0.2, 0) is 14.8 Å². The normalized spacial score (nSPS) is 12.2. The number of anilines is 1. The van der Waals surface area contributed by atoms with Crippen LogP contribution >= 0.6 is 11.6 Å². The van der Waals surface area contributed by atoms with Gasteiger partial charge in [-0.3, -0.25) is 9.10 Å². The highest BCUT2D eigenvalue weighted by Gasteiger charge is 2.24. The van der Waals surface area contributed by atoms with E-state index in [2.05, 4.69) is 5.32 Å². The third-order valence-corrected chi connectivity index (χ3v) is 6.03. The quantitative estimate of drug-likeness (QED) is 0.624. The summed E-state index contributed by atoms with van der Waals surface area (Å²) in [6.45, 7) is 3.33. The zero-order chi connectivity index (χ0) is 22.5. The highest BCUT2D eigenvalue weighted by molar-refractivity contribution is 7.92. The molecule has 164 valence electrons. The second-order valence-electron chi connectivity index (χ2n) is 6.84. The van der Waals surface area contributed by atoms with Gasteiger partial charge in [-0.1, -0.05) is 24.6 Å². The van der Waals surface area contributed by atoms with Gasteiger partial charge in [0, 0.05) is 5.02 Å². The second kappa shape index (κ2) is 10.0. The standard InChI is InChI=1S/C21H27ClN2O5S/c1-6-17(15-7-10-19(28-3)20(12-15)29-4)23-21(25)13-24(30(5,26)27)18-9-8-16(22)11-14(18)2/h7-12,17H,6,13H2,1-5H3,(H,23,25). The molecule has 0 saturated heterocycles. The summed E-state index contributed by atoms with van der Waals surface area (Å²) in [4.78, 5) is 12.8. The number of rotatable bonds is 9. The van der Waals surface area contributed by atoms with E-state index in [0.717, 1.165) is 16.1 Å². The zero-order valence-electron chi connectivity index (χ0n) is 17.7. The first-order chi connectivity index (χ1) is 14.1. The molecule has 0 radical (unpaired) electrons. The number of carbonyl (C=O) groups excluding carboxylic acids is 1. The number of halogens is 1. The van der Waals surface area contributed by atoms with Crippen molar-refractivity contribution in [1.29, 1.82) is 0 Å². The average molecular weight is 455 g/mol. The Labute approximate surface area is 183 Å². The molecule has 0 heterocycles. The Hall–Kier alpha value is -2.45. The van der Waals surface area contributed by atoms with Gasteiger partial charge in [0.25, 0.3) is 0 Å². The molecule has 1 amide bonds. The largest absolute Gasteiger partial charge is 0.493 e. The molecule has 30 heavy (non-hydrogen) atoms. The average Bonchev–Trinajstić information content (AvgIpc) is 2.69. The Bertz CT molecular complexity index is 1010. The van der Waals surface area contributed by atoms with Crippen molar-refractivity contribution < 1.29 is 22.7 Å². The van der Waals surface area contributed by atoms with Crippen LogP contribution in [-0.4, -0.2) is 41.3 Å². The van der Waals surface area contributed by atoms with Gasteiger partial charge in [0.1, 0.15) is 6.54 Å². The number of hydrogen-bond donors (Lipinski definition) is 1. The summed E-state index contributed by atoms with van der Waals surface area (Å²) in [5, 5.41) is 3.40. The van der Waals surface area contributed by atoms with Gasteiger partial charge in [-0.05, 0) is 54.8 Å². The SMILES string of the molecule is CCC(NC(=O)CN(c1ccc(Cl)cc1C)S(C)(=O)=O)c1ccc(OC)c(OC)c1. The van der Waals surface area contributed by atoms with Crippen molar-refractivity contribution in [3.63, 3.8) is 0 Å². The summed E-state index contributed by atoms with van der Waals surface area (Å²) in [7, 11) is -0.590. The maximum absolute atomic E-state index is 12.8. The molecule has 1 N–H and O–H groups in total. The summed E-state index contributed by atoms with van der Waals surface area (Å²) in [6.07, 6.45) is 1.68. The Morgan fingerprint density at radius 3 is 2.33 bits per heavy atom. The fraction of sp³-hybridized carbons (Fsp3) is 0.381. The lowest BCUT2D eigenvalue weighted by molar-refractivity contribution is -0.120. The Balaban J connectivity index is 2.25. The lowest BCUT2D eigenvalue weighted by Crippen LogP contribution is -2.41. The number of nitrogens with one attached hydrogen (secondary N) is 1. The van der Waals surface area contributed by atoms with Crippen LogP contribution in [0.25, 0.3) is 0 Å². The highest BCUT2D eigenvalue weighted by atomic mass is 35.5. The first kappa shape index (κ1) is 23.8. The molecule has 2 rings (SSSR count). The van der Waals surface area contributed by atoms with Gasteiger partial charge in [-0.2, -0.15) is 0 Å². The second-order valence-corrected chi connectivity index (χ2v) is 9.19. The zero-order valence-corrected chi connectivity index (χ0v) is 19.3. The number of ether oxygens (including phenoxy) is 2. The minimum Gasteiger partial charge on any atom is -0.493 e. The number of benzene rings is 2. The number of aryl methyl sites for hydroxylation is 1. The highest BCUT2D eigenvalue weighted by Crippen LogP contribution is 2.31. The van der Waals surface area contributed by atoms with E-state index in [9.17, 15) is 13.2 Å². The fourth-order valence-electron chi connectivity index (χ4n) is 3.14. The van der Waals surface area contributed by atoms with Crippen molar-refractivity contribution in [2.24, 2.45) is 0 Å². The van der Waals surface area contributed by atoms with Gasteiger partial charge in [0.15, 0.2) is 11.5 Å². The molecule has 2 aromatic carbocycles. The van der Waals surface area contributed by atoms with Crippen molar-refractivity contribution in [3.05, 3.63) is 52.5 Å². The maximum Gasteiger partial charge on any atom is 0.241 e. The molecule has 0 spiro atoms. The molecule has 1 unspecified atom stereocenters. The van der Waals surface area contributed by atoms with Crippen molar-refractivity contribution in [2.75, 3.05) is 31.3 Å². The van der Waals surface area contributed by atoms with Crippen molar-refractivity contribution in [1.82, 2.24) is 5.32 Å². The molecule has 0 aliphatic rings. The summed E-state index contributed by atoms with van der Waals surface area (Å²) in [5.41, 5.74) is 1.90. The van der Waals surface area contributed by atoms with Gasteiger partial charge in [-0.25, -0.2) is 8.42 Å². The molecular weight excluding hydrogens is 428 g/mol. The molecule has 0 aliphatic carbocycles. The molecule has 0 aromatic heterocycles.